The van der Waals surface area contributed by atoms with Crippen molar-refractivity contribution in [3.8, 4) is 0 Å². The van der Waals surface area contributed by atoms with Crippen molar-refractivity contribution in [2.24, 2.45) is 0 Å². The van der Waals surface area contributed by atoms with Crippen LogP contribution in [0.25, 0.3) is 0 Å². The number of carboxylic acid groups (broad SMARTS) is 1. The molecule has 0 unspecified atom stereocenters. The first-order chi connectivity index (χ1) is 9.78. The van der Waals surface area contributed by atoms with Gasteiger partial charge >= 0.3 is 5.97 Å². The molecule has 2 aromatic rings. The summed E-state index contributed by atoms with van der Waals surface area (Å²) in [6.45, 7) is 1.85. The van der Waals surface area contributed by atoms with E-state index in [0.29, 0.717) is 5.69 Å². The number of benzene rings is 2. The van der Waals surface area contributed by atoms with Gasteiger partial charge in [-0.2, -0.15) is 0 Å². The second kappa shape index (κ2) is 5.87. The standard InChI is InChI=1S/C14H12BrNO4S/c1-9-6-11(15)8-12(7-9)16-21(19,20)13-4-2-10(3-5-13)14(17)18/h2-8,16H,1H3,(H,17,18). The third-order valence-corrected chi connectivity index (χ3v) is 4.56. The van der Waals surface area contributed by atoms with Crippen molar-refractivity contribution in [1.82, 2.24) is 0 Å². The summed E-state index contributed by atoms with van der Waals surface area (Å²) in [6, 6.07) is 10.2. The lowest BCUT2D eigenvalue weighted by molar-refractivity contribution is 0.0697. The summed E-state index contributed by atoms with van der Waals surface area (Å²) in [5.74, 6) is -1.10. The van der Waals surface area contributed by atoms with Crippen LogP contribution in [0.2, 0.25) is 0 Å². The number of nitrogens with one attached hydrogen (secondary N) is 1. The van der Waals surface area contributed by atoms with Crippen LogP contribution in [0, 0.1) is 6.92 Å². The molecule has 7 heteroatoms. The van der Waals surface area contributed by atoms with E-state index in [-0.39, 0.29) is 10.5 Å². The van der Waals surface area contributed by atoms with E-state index in [4.69, 9.17) is 5.11 Å². The number of hydrogen-bond donors (Lipinski definition) is 2. The molecular weight excluding hydrogens is 358 g/mol. The number of aromatic carboxylic acids is 1. The van der Waals surface area contributed by atoms with Gasteiger partial charge < -0.3 is 5.11 Å². The van der Waals surface area contributed by atoms with Crippen LogP contribution in [-0.4, -0.2) is 19.5 Å². The Morgan fingerprint density at radius 1 is 1.14 bits per heavy atom. The topological polar surface area (TPSA) is 83.5 Å². The smallest absolute Gasteiger partial charge is 0.335 e. The van der Waals surface area contributed by atoms with Gasteiger partial charge in [0.2, 0.25) is 0 Å². The monoisotopic (exact) mass is 369 g/mol. The highest BCUT2D eigenvalue weighted by Gasteiger charge is 2.15. The molecular formula is C14H12BrNO4S. The third kappa shape index (κ3) is 3.83. The summed E-state index contributed by atoms with van der Waals surface area (Å²) >= 11 is 3.30. The largest absolute Gasteiger partial charge is 0.478 e. The second-order valence-corrected chi connectivity index (χ2v) is 7.05. The molecule has 0 aromatic heterocycles. The molecule has 0 spiro atoms. The molecule has 110 valence electrons. The molecule has 2 rings (SSSR count). The quantitative estimate of drug-likeness (QED) is 0.866. The lowest BCUT2D eigenvalue weighted by Crippen LogP contribution is -2.13. The fourth-order valence-electron chi connectivity index (χ4n) is 1.79. The number of halogens is 1. The molecule has 21 heavy (non-hydrogen) atoms. The SMILES string of the molecule is Cc1cc(Br)cc(NS(=O)(=O)c2ccc(C(=O)O)cc2)c1. The molecule has 0 fully saturated rings. The number of hydrogen-bond acceptors (Lipinski definition) is 3. The van der Waals surface area contributed by atoms with Crippen LogP contribution in [0.3, 0.4) is 0 Å². The van der Waals surface area contributed by atoms with E-state index in [1.165, 1.54) is 24.3 Å². The van der Waals surface area contributed by atoms with Crippen molar-refractivity contribution in [2.45, 2.75) is 11.8 Å². The normalized spacial score (nSPS) is 11.1. The molecule has 0 amide bonds. The minimum atomic E-state index is -3.75. The Balaban J connectivity index is 2.31. The summed E-state index contributed by atoms with van der Waals surface area (Å²) in [7, 11) is -3.75. The molecule has 0 saturated heterocycles. The summed E-state index contributed by atoms with van der Waals surface area (Å²) in [5, 5.41) is 8.80. The van der Waals surface area contributed by atoms with Crippen LogP contribution < -0.4 is 4.72 Å². The summed E-state index contributed by atoms with van der Waals surface area (Å²) in [5.41, 5.74) is 1.37. The van der Waals surface area contributed by atoms with Gasteiger partial charge in [-0.25, -0.2) is 13.2 Å². The van der Waals surface area contributed by atoms with Crippen LogP contribution in [0.5, 0.6) is 0 Å². The Hall–Kier alpha value is -1.86. The van der Waals surface area contributed by atoms with E-state index in [0.717, 1.165) is 10.0 Å². The van der Waals surface area contributed by atoms with Gasteiger partial charge in [-0.05, 0) is 55.0 Å². The van der Waals surface area contributed by atoms with Gasteiger partial charge in [0.1, 0.15) is 0 Å². The zero-order chi connectivity index (χ0) is 15.6. The van der Waals surface area contributed by atoms with Crippen LogP contribution >= 0.6 is 15.9 Å². The third-order valence-electron chi connectivity index (χ3n) is 2.71. The number of carbonyl (C=O) groups is 1. The summed E-state index contributed by atoms with van der Waals surface area (Å²) < 4.78 is 27.7. The Morgan fingerprint density at radius 3 is 2.29 bits per heavy atom. The van der Waals surface area contributed by atoms with Gasteiger partial charge in [0.25, 0.3) is 10.0 Å². The van der Waals surface area contributed by atoms with Crippen LogP contribution in [0.15, 0.2) is 51.8 Å². The van der Waals surface area contributed by atoms with Crippen molar-refractivity contribution in [1.29, 1.82) is 0 Å². The number of anilines is 1. The maximum Gasteiger partial charge on any atom is 0.335 e. The second-order valence-electron chi connectivity index (χ2n) is 4.45. The van der Waals surface area contributed by atoms with E-state index < -0.39 is 16.0 Å². The molecule has 0 bridgehead atoms. The Labute approximate surface area is 130 Å². The van der Waals surface area contributed by atoms with Gasteiger partial charge in [-0.3, -0.25) is 4.72 Å². The first kappa shape index (κ1) is 15.5. The fourth-order valence-corrected chi connectivity index (χ4v) is 3.43. The van der Waals surface area contributed by atoms with Crippen molar-refractivity contribution >= 4 is 37.6 Å². The number of rotatable bonds is 4. The maximum atomic E-state index is 12.2. The highest BCUT2D eigenvalue weighted by atomic mass is 79.9. The number of carboxylic acids is 1. The van der Waals surface area contributed by atoms with Crippen molar-refractivity contribution in [2.75, 3.05) is 4.72 Å². The van der Waals surface area contributed by atoms with Crippen LogP contribution in [0.4, 0.5) is 5.69 Å². The van der Waals surface area contributed by atoms with Crippen molar-refractivity contribution < 1.29 is 18.3 Å². The molecule has 0 aliphatic carbocycles. The van der Waals surface area contributed by atoms with Gasteiger partial charge in [0.15, 0.2) is 0 Å². The highest BCUT2D eigenvalue weighted by molar-refractivity contribution is 9.10. The molecule has 0 saturated carbocycles. The van der Waals surface area contributed by atoms with E-state index in [1.54, 1.807) is 12.1 Å². The maximum absolute atomic E-state index is 12.2. The zero-order valence-electron chi connectivity index (χ0n) is 11.0. The Kier molecular flexibility index (Phi) is 4.34. The minimum Gasteiger partial charge on any atom is -0.478 e. The molecule has 0 aliphatic rings. The van der Waals surface area contributed by atoms with Crippen molar-refractivity contribution in [3.63, 3.8) is 0 Å². The molecule has 5 nitrogen and oxygen atoms in total. The van der Waals surface area contributed by atoms with Crippen LogP contribution in [-0.2, 0) is 10.0 Å². The van der Waals surface area contributed by atoms with E-state index in [2.05, 4.69) is 20.7 Å². The minimum absolute atomic E-state index is 0.00475. The number of sulfonamides is 1. The average Bonchev–Trinajstić information content (AvgIpc) is 2.37. The first-order valence-corrected chi connectivity index (χ1v) is 8.19. The molecule has 2 aromatic carbocycles. The molecule has 0 radical (unpaired) electrons. The fraction of sp³-hybridized carbons (Fsp3) is 0.0714. The van der Waals surface area contributed by atoms with Crippen molar-refractivity contribution in [3.05, 3.63) is 58.1 Å². The predicted octanol–water partition coefficient (Wildman–Crippen LogP) is 3.26. The average molecular weight is 370 g/mol. The Morgan fingerprint density at radius 2 is 1.76 bits per heavy atom. The summed E-state index contributed by atoms with van der Waals surface area (Å²) in [4.78, 5) is 10.8. The number of aryl methyl sites for hydroxylation is 1. The van der Waals surface area contributed by atoms with E-state index in [1.807, 2.05) is 13.0 Å². The lowest BCUT2D eigenvalue weighted by Gasteiger charge is -2.09. The summed E-state index contributed by atoms with van der Waals surface area (Å²) in [6.07, 6.45) is 0. The first-order valence-electron chi connectivity index (χ1n) is 5.91. The lowest BCUT2D eigenvalue weighted by atomic mass is 10.2. The Bertz CT molecular complexity index is 765. The molecule has 0 atom stereocenters. The highest BCUT2D eigenvalue weighted by Crippen LogP contribution is 2.22. The van der Waals surface area contributed by atoms with Crippen LogP contribution in [0.1, 0.15) is 15.9 Å². The van der Waals surface area contributed by atoms with Gasteiger partial charge in [0, 0.05) is 4.47 Å². The zero-order valence-corrected chi connectivity index (χ0v) is 13.4. The predicted molar refractivity (Wildman–Crippen MR) is 83.1 cm³/mol. The molecule has 0 heterocycles. The molecule has 0 aliphatic heterocycles. The van der Waals surface area contributed by atoms with Gasteiger partial charge in [0.05, 0.1) is 16.1 Å². The molecule has 2 N–H and O–H groups in total. The van der Waals surface area contributed by atoms with E-state index in [9.17, 15) is 13.2 Å². The van der Waals surface area contributed by atoms with E-state index >= 15 is 0 Å². The van der Waals surface area contributed by atoms with Gasteiger partial charge in [-0.1, -0.05) is 15.9 Å². The van der Waals surface area contributed by atoms with Gasteiger partial charge in [-0.15, -0.1) is 0 Å².